The highest BCUT2D eigenvalue weighted by molar-refractivity contribution is 7.32. The van der Waals surface area contributed by atoms with E-state index in [1.54, 1.807) is 41.7 Å². The van der Waals surface area contributed by atoms with Gasteiger partial charge in [-0.2, -0.15) is 5.26 Å². The van der Waals surface area contributed by atoms with Crippen molar-refractivity contribution in [1.29, 1.82) is 5.26 Å². The molecule has 2 aromatic carbocycles. The molecule has 172 valence electrons. The minimum absolute atomic E-state index is 0.316. The number of nitriles is 1. The third-order valence-electron chi connectivity index (χ3n) is 5.93. The van der Waals surface area contributed by atoms with Gasteiger partial charge in [0.1, 0.15) is 0 Å². The van der Waals surface area contributed by atoms with Gasteiger partial charge in [0, 0.05) is 15.9 Å². The number of rotatable bonds is 9. The first-order valence-electron chi connectivity index (χ1n) is 10.5. The van der Waals surface area contributed by atoms with Crippen molar-refractivity contribution in [3.63, 3.8) is 0 Å². The third-order valence-corrected chi connectivity index (χ3v) is 7.29. The summed E-state index contributed by atoms with van der Waals surface area (Å²) in [5, 5.41) is 14.4. The molecule has 0 radical (unpaired) electrons. The van der Waals surface area contributed by atoms with Gasteiger partial charge in [-0.25, -0.2) is 0 Å². The Bertz CT molecular complexity index is 1170. The van der Waals surface area contributed by atoms with Crippen molar-refractivity contribution >= 4 is 36.9 Å². The largest absolute Gasteiger partial charge is 0.397 e. The van der Waals surface area contributed by atoms with E-state index in [9.17, 15) is 19.5 Å². The van der Waals surface area contributed by atoms with E-state index in [1.165, 1.54) is 0 Å². The quantitative estimate of drug-likeness (QED) is 0.269. The van der Waals surface area contributed by atoms with Gasteiger partial charge in [0.15, 0.2) is 6.10 Å². The summed E-state index contributed by atoms with van der Waals surface area (Å²) < 4.78 is 16.3. The van der Waals surface area contributed by atoms with E-state index < -0.39 is 19.8 Å². The molecule has 0 spiro atoms. The summed E-state index contributed by atoms with van der Waals surface area (Å²) in [6.07, 6.45) is -0.0357. The highest BCUT2D eigenvalue weighted by Gasteiger charge is 2.39. The fraction of sp³-hybridized carbons (Fsp3) is 0.250. The Balaban J connectivity index is 1.85. The molecule has 4 N–H and O–H groups in total. The van der Waals surface area contributed by atoms with Crippen LogP contribution >= 0.6 is 19.6 Å². The zero-order chi connectivity index (χ0) is 24.0. The predicted molar refractivity (Wildman–Crippen MR) is 133 cm³/mol. The molecule has 1 heterocycles. The number of benzene rings is 2. The second kappa shape index (κ2) is 10.8. The first kappa shape index (κ1) is 24.7. The normalized spacial score (nSPS) is 13.2. The molecule has 0 bridgehead atoms. The molecule has 0 saturated heterocycles. The third kappa shape index (κ3) is 5.35. The minimum Gasteiger partial charge on any atom is -0.397 e. The molecule has 1 amide bonds. The van der Waals surface area contributed by atoms with Gasteiger partial charge in [0.25, 0.3) is 5.91 Å². The molecule has 0 aliphatic carbocycles. The van der Waals surface area contributed by atoms with Crippen LogP contribution in [0.1, 0.15) is 42.6 Å². The Labute approximate surface area is 197 Å². The Morgan fingerprint density at radius 1 is 1.24 bits per heavy atom. The highest BCUT2D eigenvalue weighted by Crippen LogP contribution is 2.40. The molecule has 0 aliphatic rings. The van der Waals surface area contributed by atoms with Crippen LogP contribution < -0.4 is 11.1 Å². The number of hydrogen-bond acceptors (Lipinski definition) is 6. The van der Waals surface area contributed by atoms with Crippen LogP contribution in [-0.4, -0.2) is 16.9 Å². The van der Waals surface area contributed by atoms with Crippen molar-refractivity contribution in [2.24, 2.45) is 0 Å². The number of thiophene rings is 1. The van der Waals surface area contributed by atoms with E-state index in [1.807, 2.05) is 49.6 Å². The molecule has 0 aliphatic heterocycles. The lowest BCUT2D eigenvalue weighted by molar-refractivity contribution is 0.102. The van der Waals surface area contributed by atoms with Crippen LogP contribution in [0.3, 0.4) is 0 Å². The second-order valence-corrected chi connectivity index (χ2v) is 9.28. The molecular formula is C24H26N3O4PS. The molecule has 0 saturated carbocycles. The van der Waals surface area contributed by atoms with Crippen LogP contribution in [0.5, 0.6) is 0 Å². The molecule has 3 aromatic rings. The number of nitrogens with two attached hydrogens (primary N) is 1. The van der Waals surface area contributed by atoms with E-state index in [-0.39, 0.29) is 5.91 Å². The Morgan fingerprint density at radius 2 is 1.94 bits per heavy atom. The smallest absolute Gasteiger partial charge is 0.317 e. The van der Waals surface area contributed by atoms with Crippen molar-refractivity contribution in [3.8, 4) is 16.5 Å². The zero-order valence-electron chi connectivity index (χ0n) is 18.4. The first-order chi connectivity index (χ1) is 15.8. The van der Waals surface area contributed by atoms with Crippen molar-refractivity contribution in [2.75, 3.05) is 11.1 Å². The van der Waals surface area contributed by atoms with Crippen LogP contribution in [0.15, 0.2) is 60.0 Å². The average Bonchev–Trinajstić information content (AvgIpc) is 3.36. The second-order valence-electron chi connectivity index (χ2n) is 7.57. The zero-order valence-corrected chi connectivity index (χ0v) is 20.2. The van der Waals surface area contributed by atoms with Gasteiger partial charge in [-0.1, -0.05) is 38.1 Å². The monoisotopic (exact) mass is 483 g/mol. The number of nitrogens with one attached hydrogen (secondary N) is 1. The van der Waals surface area contributed by atoms with Gasteiger partial charge in [-0.05, 0) is 59.7 Å². The van der Waals surface area contributed by atoms with Crippen LogP contribution in [0, 0.1) is 11.3 Å². The van der Waals surface area contributed by atoms with Crippen LogP contribution in [0.25, 0.3) is 10.4 Å². The van der Waals surface area contributed by atoms with Crippen molar-refractivity contribution < 1.29 is 18.8 Å². The van der Waals surface area contributed by atoms with E-state index >= 15 is 0 Å². The summed E-state index contributed by atoms with van der Waals surface area (Å²) in [7, 11) is -3.28. The number of amides is 1. The van der Waals surface area contributed by atoms with Gasteiger partial charge >= 0.3 is 8.25 Å². The van der Waals surface area contributed by atoms with E-state index in [2.05, 4.69) is 5.32 Å². The van der Waals surface area contributed by atoms with Crippen molar-refractivity contribution in [2.45, 2.75) is 38.2 Å². The molecule has 7 nitrogen and oxygen atoms in total. The standard InChI is InChI=1S/C24H26N3O4PS/c1-3-24(4-2,22(15-25)31-32(29)30)18-10-7-16(8-11-18)23(28)27-20-14-17(9-12-19(20)26)21-6-5-13-33-21/h5-14,22,32H,3-4,26H2,1-2H3,(H,27,28)(H,29,30). The Kier molecular flexibility index (Phi) is 8.06. The fourth-order valence-corrected chi connectivity index (χ4v) is 5.16. The molecule has 0 fully saturated rings. The van der Waals surface area contributed by atoms with Crippen LogP contribution in [0.4, 0.5) is 11.4 Å². The van der Waals surface area contributed by atoms with Crippen LogP contribution in [-0.2, 0) is 14.5 Å². The number of anilines is 2. The Morgan fingerprint density at radius 3 is 2.48 bits per heavy atom. The summed E-state index contributed by atoms with van der Waals surface area (Å²) in [6, 6.07) is 18.4. The number of nitrogen functional groups attached to an aromatic ring is 1. The van der Waals surface area contributed by atoms with Gasteiger partial charge in [0.05, 0.1) is 17.4 Å². The SMILES string of the molecule is CCC(CC)(c1ccc(C(=O)Nc2cc(-c3cccs3)ccc2N)cc1)C(C#N)O[PH](=O)O. The van der Waals surface area contributed by atoms with Crippen molar-refractivity contribution in [3.05, 3.63) is 71.1 Å². The van der Waals surface area contributed by atoms with Gasteiger partial charge in [-0.15, -0.1) is 11.3 Å². The highest BCUT2D eigenvalue weighted by atomic mass is 32.1. The summed E-state index contributed by atoms with van der Waals surface area (Å²) in [6.45, 7) is 3.80. The Hall–Kier alpha value is -2.95. The van der Waals surface area contributed by atoms with Gasteiger partial charge in [0.2, 0.25) is 0 Å². The summed E-state index contributed by atoms with van der Waals surface area (Å²) in [5.74, 6) is -0.316. The topological polar surface area (TPSA) is 125 Å². The summed E-state index contributed by atoms with van der Waals surface area (Å²) in [4.78, 5) is 23.2. The lowest BCUT2D eigenvalue weighted by atomic mass is 9.71. The average molecular weight is 484 g/mol. The van der Waals surface area contributed by atoms with Crippen molar-refractivity contribution in [1.82, 2.24) is 0 Å². The maximum absolute atomic E-state index is 12.9. The minimum atomic E-state index is -3.28. The predicted octanol–water partition coefficient (Wildman–Crippen LogP) is 5.60. The lowest BCUT2D eigenvalue weighted by Gasteiger charge is -2.35. The molecule has 33 heavy (non-hydrogen) atoms. The van der Waals surface area contributed by atoms with E-state index in [0.717, 1.165) is 16.0 Å². The summed E-state index contributed by atoms with van der Waals surface area (Å²) in [5.41, 5.74) is 8.44. The number of carbonyl (C=O) groups excluding carboxylic acids is 1. The first-order valence-corrected chi connectivity index (χ1v) is 12.6. The fourth-order valence-electron chi connectivity index (χ4n) is 3.95. The number of hydrogen-bond donors (Lipinski definition) is 3. The van der Waals surface area contributed by atoms with E-state index in [4.69, 9.17) is 10.3 Å². The molecule has 9 heteroatoms. The molecule has 3 rings (SSSR count). The van der Waals surface area contributed by atoms with Gasteiger partial charge < -0.3 is 15.9 Å². The summed E-state index contributed by atoms with van der Waals surface area (Å²) >= 11 is 1.60. The number of carbonyl (C=O) groups is 1. The van der Waals surface area contributed by atoms with E-state index in [0.29, 0.717) is 29.8 Å². The maximum Gasteiger partial charge on any atom is 0.317 e. The molecule has 1 aromatic heterocycles. The number of nitrogens with zero attached hydrogens (tertiary/aromatic N) is 1. The van der Waals surface area contributed by atoms with Gasteiger partial charge in [-0.3, -0.25) is 13.9 Å². The molecule has 2 atom stereocenters. The maximum atomic E-state index is 12.9. The molecule has 2 unspecified atom stereocenters. The molecular weight excluding hydrogens is 457 g/mol. The van der Waals surface area contributed by atoms with Crippen LogP contribution in [0.2, 0.25) is 0 Å². The lowest BCUT2D eigenvalue weighted by Crippen LogP contribution is -2.38.